The molecular formula is C26H30N4O3. The van der Waals surface area contributed by atoms with E-state index in [0.29, 0.717) is 0 Å². The maximum absolute atomic E-state index is 11.6. The molecule has 2 heterocycles. The number of pyridine rings is 1. The lowest BCUT2D eigenvalue weighted by molar-refractivity contribution is -0.140. The van der Waals surface area contributed by atoms with E-state index in [-0.39, 0.29) is 18.7 Å². The lowest BCUT2D eigenvalue weighted by atomic mass is 9.96. The van der Waals surface area contributed by atoms with Gasteiger partial charge in [-0.15, -0.1) is 0 Å². The van der Waals surface area contributed by atoms with Crippen molar-refractivity contribution in [2.24, 2.45) is 0 Å². The third-order valence-corrected chi connectivity index (χ3v) is 5.97. The summed E-state index contributed by atoms with van der Waals surface area (Å²) in [6, 6.07) is 22.3. The van der Waals surface area contributed by atoms with Gasteiger partial charge in [0.15, 0.2) is 0 Å². The molecule has 3 aromatic rings. The van der Waals surface area contributed by atoms with Crippen LogP contribution in [0.3, 0.4) is 0 Å². The molecule has 7 heteroatoms. The van der Waals surface area contributed by atoms with Crippen LogP contribution in [0.5, 0.6) is 0 Å². The fourth-order valence-corrected chi connectivity index (χ4v) is 4.28. The molecule has 1 aromatic heterocycles. The zero-order valence-corrected chi connectivity index (χ0v) is 18.7. The molecule has 33 heavy (non-hydrogen) atoms. The third-order valence-electron chi connectivity index (χ3n) is 5.97. The summed E-state index contributed by atoms with van der Waals surface area (Å²) in [7, 11) is 1.52. The monoisotopic (exact) mass is 446 g/mol. The molecule has 0 fully saturated rings. The Morgan fingerprint density at radius 3 is 2.76 bits per heavy atom. The summed E-state index contributed by atoms with van der Waals surface area (Å²) in [5, 5.41) is 20.3. The van der Waals surface area contributed by atoms with E-state index < -0.39 is 11.9 Å². The standard InChI is InChI=1S/C26H30N4O3/c1-33-17-21(26(31)32)20-10-5-7-18(15-20)12-14-27-24(19-8-3-2-4-9-19)23-16-29-22-11-6-13-28-25(22)30-23/h2-11,13,15,21,23-24,27,29H,12,14,16-17H2,1H3,(H,28,30)(H,31,32)/t21-,23+,24+/m0/s1. The highest BCUT2D eigenvalue weighted by Crippen LogP contribution is 2.28. The Labute approximate surface area is 194 Å². The van der Waals surface area contributed by atoms with Gasteiger partial charge in [0, 0.05) is 19.9 Å². The van der Waals surface area contributed by atoms with Crippen LogP contribution in [-0.2, 0) is 16.0 Å². The Balaban J connectivity index is 1.45. The SMILES string of the molecule is COC[C@H](C(=O)O)c1cccc(CCN[C@H](c2ccccc2)[C@H]2CNc3cccnc3N2)c1. The second-order valence-electron chi connectivity index (χ2n) is 8.21. The van der Waals surface area contributed by atoms with Crippen molar-refractivity contribution >= 4 is 17.5 Å². The predicted molar refractivity (Wildman–Crippen MR) is 130 cm³/mol. The van der Waals surface area contributed by atoms with Crippen molar-refractivity contribution in [3.8, 4) is 0 Å². The number of nitrogens with one attached hydrogen (secondary N) is 3. The second kappa shape index (κ2) is 10.9. The Morgan fingerprint density at radius 2 is 1.97 bits per heavy atom. The number of aromatic nitrogens is 1. The zero-order chi connectivity index (χ0) is 23.0. The Hall–Kier alpha value is -3.42. The fraction of sp³-hybridized carbons (Fsp3) is 0.308. The van der Waals surface area contributed by atoms with Gasteiger partial charge in [-0.2, -0.15) is 0 Å². The molecule has 0 spiro atoms. The Kier molecular flexibility index (Phi) is 7.55. The molecule has 0 radical (unpaired) electrons. The van der Waals surface area contributed by atoms with Crippen LogP contribution in [0, 0.1) is 0 Å². The van der Waals surface area contributed by atoms with Crippen molar-refractivity contribution in [3.63, 3.8) is 0 Å². The predicted octanol–water partition coefficient (Wildman–Crippen LogP) is 3.68. The highest BCUT2D eigenvalue weighted by atomic mass is 16.5. The molecule has 1 aliphatic rings. The summed E-state index contributed by atoms with van der Waals surface area (Å²) in [6.45, 7) is 1.68. The highest BCUT2D eigenvalue weighted by molar-refractivity contribution is 5.76. The highest BCUT2D eigenvalue weighted by Gasteiger charge is 2.27. The molecule has 172 valence electrons. The van der Waals surface area contributed by atoms with E-state index in [2.05, 4.69) is 45.2 Å². The lowest BCUT2D eigenvalue weighted by Gasteiger charge is -2.34. The summed E-state index contributed by atoms with van der Waals surface area (Å²) in [5.74, 6) is -0.673. The van der Waals surface area contributed by atoms with Crippen molar-refractivity contribution in [1.29, 1.82) is 0 Å². The maximum atomic E-state index is 11.6. The number of carboxylic acids is 1. The van der Waals surface area contributed by atoms with E-state index >= 15 is 0 Å². The van der Waals surface area contributed by atoms with Crippen molar-refractivity contribution in [2.45, 2.75) is 24.4 Å². The summed E-state index contributed by atoms with van der Waals surface area (Å²) >= 11 is 0. The third kappa shape index (κ3) is 5.69. The van der Waals surface area contributed by atoms with Gasteiger partial charge in [-0.05, 0) is 41.8 Å². The van der Waals surface area contributed by atoms with Crippen LogP contribution >= 0.6 is 0 Å². The number of ether oxygens (including phenoxy) is 1. The molecular weight excluding hydrogens is 416 g/mol. The molecule has 0 saturated heterocycles. The molecule has 0 unspecified atom stereocenters. The molecule has 1 aliphatic heterocycles. The van der Waals surface area contributed by atoms with Gasteiger partial charge in [0.1, 0.15) is 11.7 Å². The molecule has 0 amide bonds. The van der Waals surface area contributed by atoms with E-state index in [9.17, 15) is 9.90 Å². The van der Waals surface area contributed by atoms with Crippen LogP contribution in [0.15, 0.2) is 72.9 Å². The van der Waals surface area contributed by atoms with Gasteiger partial charge >= 0.3 is 5.97 Å². The number of carbonyl (C=O) groups is 1. The van der Waals surface area contributed by atoms with Gasteiger partial charge in [0.2, 0.25) is 0 Å². The number of aliphatic carboxylic acids is 1. The molecule has 4 rings (SSSR count). The van der Waals surface area contributed by atoms with E-state index in [0.717, 1.165) is 42.1 Å². The Bertz CT molecular complexity index is 1060. The molecule has 0 saturated carbocycles. The van der Waals surface area contributed by atoms with Crippen LogP contribution in [0.2, 0.25) is 0 Å². The van der Waals surface area contributed by atoms with Gasteiger partial charge < -0.3 is 25.8 Å². The molecule has 3 atom stereocenters. The number of carboxylic acid groups (broad SMARTS) is 1. The molecule has 0 aliphatic carbocycles. The first-order valence-corrected chi connectivity index (χ1v) is 11.2. The van der Waals surface area contributed by atoms with Crippen molar-refractivity contribution in [3.05, 3.63) is 89.6 Å². The van der Waals surface area contributed by atoms with E-state index in [1.807, 2.05) is 42.5 Å². The second-order valence-corrected chi connectivity index (χ2v) is 8.21. The fourth-order valence-electron chi connectivity index (χ4n) is 4.28. The van der Waals surface area contributed by atoms with Gasteiger partial charge in [-0.25, -0.2) is 4.98 Å². The van der Waals surface area contributed by atoms with E-state index in [1.54, 1.807) is 6.20 Å². The summed E-state index contributed by atoms with van der Waals surface area (Å²) in [6.07, 6.45) is 2.58. The number of fused-ring (bicyclic) bond motifs is 1. The summed E-state index contributed by atoms with van der Waals surface area (Å²) in [4.78, 5) is 16.1. The average Bonchev–Trinajstić information content (AvgIpc) is 2.85. The minimum Gasteiger partial charge on any atom is -0.481 e. The zero-order valence-electron chi connectivity index (χ0n) is 18.7. The van der Waals surface area contributed by atoms with Gasteiger partial charge in [0.25, 0.3) is 0 Å². The average molecular weight is 447 g/mol. The maximum Gasteiger partial charge on any atom is 0.313 e. The minimum atomic E-state index is -0.874. The number of hydrogen-bond acceptors (Lipinski definition) is 6. The molecule has 7 nitrogen and oxygen atoms in total. The lowest BCUT2D eigenvalue weighted by Crippen LogP contribution is -2.44. The van der Waals surface area contributed by atoms with Gasteiger partial charge in [0.05, 0.1) is 24.4 Å². The first-order valence-electron chi connectivity index (χ1n) is 11.2. The molecule has 4 N–H and O–H groups in total. The van der Waals surface area contributed by atoms with Crippen LogP contribution in [-0.4, -0.2) is 48.9 Å². The number of methoxy groups -OCH3 is 1. The number of hydrogen-bond donors (Lipinski definition) is 4. The van der Waals surface area contributed by atoms with Crippen molar-refractivity contribution in [2.75, 3.05) is 37.4 Å². The van der Waals surface area contributed by atoms with E-state index in [1.165, 1.54) is 12.7 Å². The van der Waals surface area contributed by atoms with Gasteiger partial charge in [-0.3, -0.25) is 4.79 Å². The summed E-state index contributed by atoms with van der Waals surface area (Å²) in [5.41, 5.74) is 4.08. The normalized spacial score (nSPS) is 16.7. The number of rotatable bonds is 10. The first-order chi connectivity index (χ1) is 16.2. The van der Waals surface area contributed by atoms with Crippen molar-refractivity contribution in [1.82, 2.24) is 10.3 Å². The molecule has 0 bridgehead atoms. The largest absolute Gasteiger partial charge is 0.481 e. The van der Waals surface area contributed by atoms with Gasteiger partial charge in [-0.1, -0.05) is 54.6 Å². The first kappa shape index (κ1) is 22.8. The van der Waals surface area contributed by atoms with Crippen LogP contribution in [0.1, 0.15) is 28.7 Å². The Morgan fingerprint density at radius 1 is 1.15 bits per heavy atom. The van der Waals surface area contributed by atoms with Crippen LogP contribution < -0.4 is 16.0 Å². The van der Waals surface area contributed by atoms with Crippen LogP contribution in [0.25, 0.3) is 0 Å². The number of nitrogens with zero attached hydrogens (tertiary/aromatic N) is 1. The quantitative estimate of drug-likeness (QED) is 0.377. The summed E-state index contributed by atoms with van der Waals surface area (Å²) < 4.78 is 5.10. The number of benzene rings is 2. The van der Waals surface area contributed by atoms with Crippen LogP contribution in [0.4, 0.5) is 11.5 Å². The number of anilines is 2. The smallest absolute Gasteiger partial charge is 0.313 e. The van der Waals surface area contributed by atoms with Crippen molar-refractivity contribution < 1.29 is 14.6 Å². The minimum absolute atomic E-state index is 0.0808. The van der Waals surface area contributed by atoms with E-state index in [4.69, 9.17) is 4.74 Å². The molecule has 2 aromatic carbocycles. The topological polar surface area (TPSA) is 95.5 Å².